The molecule has 2 saturated carbocycles. The highest BCUT2D eigenvalue weighted by atomic mass is 19.4. The Kier molecular flexibility index (Phi) is 8.90. The number of halogens is 7. The van der Waals surface area contributed by atoms with Crippen LogP contribution in [0, 0.1) is 35.1 Å². The normalized spacial score (nSPS) is 24.9. The van der Waals surface area contributed by atoms with E-state index in [-0.39, 0.29) is 17.4 Å². The maximum atomic E-state index is 15.0. The third kappa shape index (κ3) is 6.51. The lowest BCUT2D eigenvalue weighted by molar-refractivity contribution is -0.142. The molecule has 7 heteroatoms. The van der Waals surface area contributed by atoms with Crippen molar-refractivity contribution in [2.24, 2.45) is 11.8 Å². The van der Waals surface area contributed by atoms with E-state index < -0.39 is 35.0 Å². The number of alkyl halides is 3. The molecule has 0 atom stereocenters. The molecule has 0 saturated heterocycles. The minimum atomic E-state index is -5.10. The highest BCUT2D eigenvalue weighted by Gasteiger charge is 2.38. The quantitative estimate of drug-likeness (QED) is 0.314. The molecule has 0 bridgehead atoms. The van der Waals surface area contributed by atoms with Gasteiger partial charge in [0.15, 0.2) is 11.6 Å². The van der Waals surface area contributed by atoms with Gasteiger partial charge in [-0.3, -0.25) is 0 Å². The van der Waals surface area contributed by atoms with Crippen LogP contribution in [0.3, 0.4) is 0 Å². The fourth-order valence-electron chi connectivity index (χ4n) is 6.53. The molecule has 0 aliphatic heterocycles. The van der Waals surface area contributed by atoms with E-state index >= 15 is 4.39 Å². The van der Waals surface area contributed by atoms with E-state index in [1.807, 2.05) is 0 Å². The maximum Gasteiger partial charge on any atom is 0.422 e. The molecule has 0 spiro atoms. The minimum absolute atomic E-state index is 0.173. The van der Waals surface area contributed by atoms with Crippen molar-refractivity contribution in [1.29, 1.82) is 0 Å². The molecular weight excluding hydrogens is 493 g/mol. The first-order valence-electron chi connectivity index (χ1n) is 13.6. The Balaban J connectivity index is 1.35. The van der Waals surface area contributed by atoms with E-state index in [0.717, 1.165) is 37.3 Å². The first kappa shape index (κ1) is 28.0. The second-order valence-corrected chi connectivity index (χ2v) is 11.1. The average Bonchev–Trinajstić information content (AvgIpc) is 2.85. The van der Waals surface area contributed by atoms with Crippen molar-refractivity contribution in [2.75, 3.05) is 0 Å². The van der Waals surface area contributed by atoms with Crippen LogP contribution in [0.4, 0.5) is 30.7 Å². The van der Waals surface area contributed by atoms with Crippen LogP contribution in [0.25, 0.3) is 0 Å². The van der Waals surface area contributed by atoms with Crippen molar-refractivity contribution in [1.82, 2.24) is 0 Å². The molecule has 0 heterocycles. The van der Waals surface area contributed by atoms with Gasteiger partial charge < -0.3 is 0 Å². The zero-order chi connectivity index (χ0) is 26.7. The lowest BCUT2D eigenvalue weighted by Gasteiger charge is -2.30. The molecule has 2 aromatic carbocycles. The maximum absolute atomic E-state index is 15.0. The summed E-state index contributed by atoms with van der Waals surface area (Å²) in [5, 5.41) is 0. The van der Waals surface area contributed by atoms with Gasteiger partial charge in [0, 0.05) is 0 Å². The van der Waals surface area contributed by atoms with Crippen LogP contribution in [0.1, 0.15) is 112 Å². The van der Waals surface area contributed by atoms with E-state index in [1.54, 1.807) is 12.1 Å². The second kappa shape index (κ2) is 11.8. The first-order valence-corrected chi connectivity index (χ1v) is 13.6. The Labute approximate surface area is 214 Å². The monoisotopic (exact) mass is 528 g/mol. The van der Waals surface area contributed by atoms with Crippen molar-refractivity contribution in [2.45, 2.75) is 102 Å². The molecule has 0 N–H and O–H groups in total. The highest BCUT2D eigenvalue weighted by molar-refractivity contribution is 5.33. The summed E-state index contributed by atoms with van der Waals surface area (Å²) in [4.78, 5) is 0. The van der Waals surface area contributed by atoms with Crippen LogP contribution >= 0.6 is 0 Å². The van der Waals surface area contributed by atoms with Gasteiger partial charge in [-0.2, -0.15) is 13.2 Å². The van der Waals surface area contributed by atoms with Gasteiger partial charge in [0.1, 0.15) is 17.2 Å². The molecule has 0 aromatic heterocycles. The minimum Gasteiger partial charge on any atom is -0.206 e. The fourth-order valence-corrected chi connectivity index (χ4v) is 6.53. The van der Waals surface area contributed by atoms with E-state index in [0.29, 0.717) is 49.1 Å². The molecule has 204 valence electrons. The van der Waals surface area contributed by atoms with Gasteiger partial charge in [0.25, 0.3) is 0 Å². The summed E-state index contributed by atoms with van der Waals surface area (Å²) in [6, 6.07) is 4.85. The second-order valence-electron chi connectivity index (χ2n) is 11.1. The molecule has 0 unspecified atom stereocenters. The van der Waals surface area contributed by atoms with Crippen molar-refractivity contribution in [3.05, 3.63) is 69.8 Å². The van der Waals surface area contributed by atoms with Gasteiger partial charge in [-0.25, -0.2) is 17.6 Å². The van der Waals surface area contributed by atoms with Crippen molar-refractivity contribution in [3.63, 3.8) is 0 Å². The summed E-state index contributed by atoms with van der Waals surface area (Å²) in [6.45, 7) is 2.21. The zero-order valence-corrected chi connectivity index (χ0v) is 21.2. The van der Waals surface area contributed by atoms with Crippen LogP contribution in [0.15, 0.2) is 24.3 Å². The summed E-state index contributed by atoms with van der Waals surface area (Å²) in [5.74, 6) is -4.05. The Bertz CT molecular complexity index is 1040. The van der Waals surface area contributed by atoms with Gasteiger partial charge in [-0.05, 0) is 91.0 Å². The highest BCUT2D eigenvalue weighted by Crippen LogP contribution is 2.43. The Morgan fingerprint density at radius 1 is 0.703 bits per heavy atom. The molecule has 4 rings (SSSR count). The molecule has 2 aliphatic rings. The van der Waals surface area contributed by atoms with Crippen molar-refractivity contribution >= 4 is 0 Å². The molecule has 0 amide bonds. The number of hydrogen-bond acceptors (Lipinski definition) is 0. The molecule has 0 radical (unpaired) electrons. The summed E-state index contributed by atoms with van der Waals surface area (Å²) in [6.07, 6.45) is 5.30. The SMILES string of the molecule is CCCC1CCC(CCc2ccc(C3CCC(c4cc(F)c(C(F)(F)F)c(F)c4)CC3)c(F)c2F)CC1. The van der Waals surface area contributed by atoms with Gasteiger partial charge in [-0.15, -0.1) is 0 Å². The summed E-state index contributed by atoms with van der Waals surface area (Å²) in [5.41, 5.74) is -0.996. The van der Waals surface area contributed by atoms with Gasteiger partial charge in [0.2, 0.25) is 0 Å². The predicted molar refractivity (Wildman–Crippen MR) is 130 cm³/mol. The molecule has 2 fully saturated rings. The smallest absolute Gasteiger partial charge is 0.206 e. The van der Waals surface area contributed by atoms with Crippen molar-refractivity contribution in [3.8, 4) is 0 Å². The lowest BCUT2D eigenvalue weighted by atomic mass is 9.75. The van der Waals surface area contributed by atoms with Crippen LogP contribution < -0.4 is 0 Å². The lowest BCUT2D eigenvalue weighted by Crippen LogP contribution is -2.17. The van der Waals surface area contributed by atoms with Gasteiger partial charge in [0.05, 0.1) is 0 Å². The van der Waals surface area contributed by atoms with E-state index in [1.165, 1.54) is 25.7 Å². The number of benzene rings is 2. The summed E-state index contributed by atoms with van der Waals surface area (Å²) in [7, 11) is 0. The van der Waals surface area contributed by atoms with Crippen LogP contribution in [-0.2, 0) is 12.6 Å². The molecule has 2 aromatic rings. The van der Waals surface area contributed by atoms with Crippen molar-refractivity contribution < 1.29 is 30.7 Å². The Morgan fingerprint density at radius 2 is 1.24 bits per heavy atom. The topological polar surface area (TPSA) is 0 Å². The Hall–Kier alpha value is -2.05. The van der Waals surface area contributed by atoms with E-state index in [4.69, 9.17) is 0 Å². The van der Waals surface area contributed by atoms with Gasteiger partial charge in [-0.1, -0.05) is 57.6 Å². The largest absolute Gasteiger partial charge is 0.422 e. The summed E-state index contributed by atoms with van der Waals surface area (Å²) < 4.78 is 96.6. The van der Waals surface area contributed by atoms with E-state index in [9.17, 15) is 26.3 Å². The third-order valence-electron chi connectivity index (χ3n) is 8.66. The van der Waals surface area contributed by atoms with Crippen LogP contribution in [-0.4, -0.2) is 0 Å². The third-order valence-corrected chi connectivity index (χ3v) is 8.66. The van der Waals surface area contributed by atoms with Crippen LogP contribution in [0.2, 0.25) is 0 Å². The number of rotatable bonds is 7. The van der Waals surface area contributed by atoms with Crippen LogP contribution in [0.5, 0.6) is 0 Å². The molecular formula is C30H35F7. The molecule has 0 nitrogen and oxygen atoms in total. The molecule has 37 heavy (non-hydrogen) atoms. The number of hydrogen-bond donors (Lipinski definition) is 0. The fraction of sp³-hybridized carbons (Fsp3) is 0.600. The van der Waals surface area contributed by atoms with Gasteiger partial charge >= 0.3 is 6.18 Å². The summed E-state index contributed by atoms with van der Waals surface area (Å²) >= 11 is 0. The average molecular weight is 529 g/mol. The van der Waals surface area contributed by atoms with E-state index in [2.05, 4.69) is 6.92 Å². The zero-order valence-electron chi connectivity index (χ0n) is 21.2. The number of aryl methyl sites for hydroxylation is 1. The predicted octanol–water partition coefficient (Wildman–Crippen LogP) is 10.2. The standard InChI is InChI=1S/C30H35F7/c1-2-3-18-4-6-19(7-5-18)8-9-22-14-15-24(29(34)28(22)33)21-12-10-20(11-13-21)23-16-25(31)27(26(32)17-23)30(35,36)37/h14-21H,2-13H2,1H3. The molecule has 2 aliphatic carbocycles. The Morgan fingerprint density at radius 3 is 1.78 bits per heavy atom. The first-order chi connectivity index (χ1) is 17.6.